The van der Waals surface area contributed by atoms with E-state index in [1.54, 1.807) is 0 Å². The predicted octanol–water partition coefficient (Wildman–Crippen LogP) is 3.24. The van der Waals surface area contributed by atoms with Crippen LogP contribution in [0.4, 0.5) is 5.95 Å². The van der Waals surface area contributed by atoms with E-state index in [9.17, 15) is 0 Å². The van der Waals surface area contributed by atoms with Crippen LogP contribution in [-0.4, -0.2) is 46.0 Å². The highest BCUT2D eigenvalue weighted by Crippen LogP contribution is 2.33. The number of aromatic nitrogens is 3. The van der Waals surface area contributed by atoms with Gasteiger partial charge in [0, 0.05) is 62.9 Å². The molecule has 0 amide bonds. The summed E-state index contributed by atoms with van der Waals surface area (Å²) in [7, 11) is 0. The maximum atomic E-state index is 4.92. The van der Waals surface area contributed by atoms with E-state index in [-0.39, 0.29) is 0 Å². The van der Waals surface area contributed by atoms with Gasteiger partial charge in [0.2, 0.25) is 5.95 Å². The number of pyridine rings is 1. The van der Waals surface area contributed by atoms with Crippen molar-refractivity contribution in [3.05, 3.63) is 48.0 Å². The minimum Gasteiger partial charge on any atom is -0.339 e. The van der Waals surface area contributed by atoms with E-state index in [1.807, 2.05) is 18.6 Å². The molecule has 5 heteroatoms. The third kappa shape index (κ3) is 4.15. The lowest BCUT2D eigenvalue weighted by atomic mass is 10.0. The van der Waals surface area contributed by atoms with Crippen LogP contribution < -0.4 is 4.90 Å². The van der Waals surface area contributed by atoms with Crippen molar-refractivity contribution in [2.24, 2.45) is 0 Å². The van der Waals surface area contributed by atoms with Gasteiger partial charge in [-0.25, -0.2) is 9.97 Å². The zero-order valence-electron chi connectivity index (χ0n) is 14.8. The predicted molar refractivity (Wildman–Crippen MR) is 99.6 cm³/mol. The van der Waals surface area contributed by atoms with Crippen molar-refractivity contribution >= 4 is 5.95 Å². The summed E-state index contributed by atoms with van der Waals surface area (Å²) in [5.74, 6) is 1.58. The molecule has 2 aliphatic rings. The van der Waals surface area contributed by atoms with Gasteiger partial charge in [0.1, 0.15) is 0 Å². The Morgan fingerprint density at radius 1 is 0.880 bits per heavy atom. The summed E-state index contributed by atoms with van der Waals surface area (Å²) in [5, 5.41) is 0. The number of nitrogens with zero attached hydrogens (tertiary/aromatic N) is 5. The van der Waals surface area contributed by atoms with Crippen LogP contribution >= 0.6 is 0 Å². The molecule has 0 radical (unpaired) electrons. The van der Waals surface area contributed by atoms with Crippen molar-refractivity contribution in [1.29, 1.82) is 0 Å². The van der Waals surface area contributed by atoms with Crippen LogP contribution in [0.15, 0.2) is 36.8 Å². The molecule has 0 bridgehead atoms. The van der Waals surface area contributed by atoms with Gasteiger partial charge in [-0.2, -0.15) is 0 Å². The maximum Gasteiger partial charge on any atom is 0.225 e. The molecule has 1 saturated heterocycles. The van der Waals surface area contributed by atoms with E-state index in [2.05, 4.69) is 38.0 Å². The highest BCUT2D eigenvalue weighted by atomic mass is 15.3. The monoisotopic (exact) mass is 337 g/mol. The molecular formula is C20H27N5. The zero-order valence-corrected chi connectivity index (χ0v) is 14.8. The third-order valence-corrected chi connectivity index (χ3v) is 5.46. The summed E-state index contributed by atoms with van der Waals surface area (Å²) < 4.78 is 0. The molecule has 132 valence electrons. The normalized spacial score (nSPS) is 19.9. The molecule has 2 aromatic rings. The number of hydrogen-bond acceptors (Lipinski definition) is 5. The number of anilines is 1. The first kappa shape index (κ1) is 16.5. The molecule has 0 spiro atoms. The summed E-state index contributed by atoms with van der Waals surface area (Å²) in [6.45, 7) is 5.22. The van der Waals surface area contributed by atoms with E-state index in [0.717, 1.165) is 45.1 Å². The lowest BCUT2D eigenvalue weighted by molar-refractivity contribution is 0.285. The molecule has 0 aromatic carbocycles. The van der Waals surface area contributed by atoms with Gasteiger partial charge in [0.05, 0.1) is 0 Å². The molecule has 25 heavy (non-hydrogen) atoms. The van der Waals surface area contributed by atoms with Crippen LogP contribution in [0.1, 0.15) is 49.3 Å². The minimum absolute atomic E-state index is 0.650. The Kier molecular flexibility index (Phi) is 5.21. The third-order valence-electron chi connectivity index (χ3n) is 5.46. The van der Waals surface area contributed by atoms with Crippen molar-refractivity contribution in [3.63, 3.8) is 0 Å². The van der Waals surface area contributed by atoms with Crippen LogP contribution in [0.25, 0.3) is 0 Å². The summed E-state index contributed by atoms with van der Waals surface area (Å²) in [5.41, 5.74) is 2.59. The van der Waals surface area contributed by atoms with Crippen LogP contribution in [0.3, 0.4) is 0 Å². The van der Waals surface area contributed by atoms with Crippen molar-refractivity contribution in [1.82, 2.24) is 19.9 Å². The maximum absolute atomic E-state index is 4.92. The van der Waals surface area contributed by atoms with E-state index in [0.29, 0.717) is 5.92 Å². The van der Waals surface area contributed by atoms with Gasteiger partial charge in [0.25, 0.3) is 0 Å². The van der Waals surface area contributed by atoms with Crippen LogP contribution in [-0.2, 0) is 6.54 Å². The fourth-order valence-electron chi connectivity index (χ4n) is 4.04. The standard InChI is InChI=1S/C20H27N5/c1-2-5-18(4-1)19-8-11-22-20(23-19)25-13-3-12-24(14-15-25)16-17-6-9-21-10-7-17/h6-11,18H,1-5,12-16H2. The quantitative estimate of drug-likeness (QED) is 0.857. The van der Waals surface area contributed by atoms with Crippen molar-refractivity contribution in [2.45, 2.75) is 44.6 Å². The molecule has 0 N–H and O–H groups in total. The molecular weight excluding hydrogens is 310 g/mol. The van der Waals surface area contributed by atoms with Gasteiger partial charge in [-0.05, 0) is 43.0 Å². The highest BCUT2D eigenvalue weighted by Gasteiger charge is 2.21. The Morgan fingerprint density at radius 2 is 1.72 bits per heavy atom. The summed E-state index contributed by atoms with van der Waals surface area (Å²) in [4.78, 5) is 18.5. The molecule has 2 fully saturated rings. The van der Waals surface area contributed by atoms with E-state index >= 15 is 0 Å². The first-order valence-corrected chi connectivity index (χ1v) is 9.57. The molecule has 3 heterocycles. The molecule has 5 nitrogen and oxygen atoms in total. The fourth-order valence-corrected chi connectivity index (χ4v) is 4.04. The van der Waals surface area contributed by atoms with Crippen LogP contribution in [0.2, 0.25) is 0 Å². The molecule has 0 atom stereocenters. The topological polar surface area (TPSA) is 45.2 Å². The second-order valence-electron chi connectivity index (χ2n) is 7.24. The summed E-state index contributed by atoms with van der Waals surface area (Å²) in [6, 6.07) is 6.33. The van der Waals surface area contributed by atoms with Crippen molar-refractivity contribution < 1.29 is 0 Å². The molecule has 2 aromatic heterocycles. The second-order valence-corrected chi connectivity index (χ2v) is 7.24. The Bertz CT molecular complexity index is 669. The Morgan fingerprint density at radius 3 is 2.56 bits per heavy atom. The lowest BCUT2D eigenvalue weighted by Gasteiger charge is -2.22. The van der Waals surface area contributed by atoms with E-state index in [4.69, 9.17) is 4.98 Å². The van der Waals surface area contributed by atoms with Gasteiger partial charge in [0.15, 0.2) is 0 Å². The van der Waals surface area contributed by atoms with Gasteiger partial charge in [-0.1, -0.05) is 12.8 Å². The smallest absolute Gasteiger partial charge is 0.225 e. The van der Waals surface area contributed by atoms with Gasteiger partial charge in [-0.3, -0.25) is 9.88 Å². The average molecular weight is 337 g/mol. The Hall–Kier alpha value is -2.01. The Balaban J connectivity index is 1.40. The fraction of sp³-hybridized carbons (Fsp3) is 0.550. The number of rotatable bonds is 4. The average Bonchev–Trinajstić information content (AvgIpc) is 3.10. The van der Waals surface area contributed by atoms with Crippen LogP contribution in [0, 0.1) is 0 Å². The summed E-state index contributed by atoms with van der Waals surface area (Å²) in [6.07, 6.45) is 12.1. The Labute approximate surface area is 150 Å². The van der Waals surface area contributed by atoms with Gasteiger partial charge in [-0.15, -0.1) is 0 Å². The van der Waals surface area contributed by atoms with Crippen molar-refractivity contribution in [2.75, 3.05) is 31.1 Å². The van der Waals surface area contributed by atoms with Gasteiger partial charge < -0.3 is 4.90 Å². The van der Waals surface area contributed by atoms with Crippen molar-refractivity contribution in [3.8, 4) is 0 Å². The van der Waals surface area contributed by atoms with E-state index < -0.39 is 0 Å². The molecule has 1 saturated carbocycles. The molecule has 4 rings (SSSR count). The van der Waals surface area contributed by atoms with Gasteiger partial charge >= 0.3 is 0 Å². The minimum atomic E-state index is 0.650. The van der Waals surface area contributed by atoms with Crippen LogP contribution in [0.5, 0.6) is 0 Å². The molecule has 1 aliphatic carbocycles. The summed E-state index contributed by atoms with van der Waals surface area (Å²) >= 11 is 0. The number of hydrogen-bond donors (Lipinski definition) is 0. The van der Waals surface area contributed by atoms with E-state index in [1.165, 1.54) is 36.9 Å². The first-order chi connectivity index (χ1) is 12.4. The second kappa shape index (κ2) is 7.91. The zero-order chi connectivity index (χ0) is 16.9. The largest absolute Gasteiger partial charge is 0.339 e. The highest BCUT2D eigenvalue weighted by molar-refractivity contribution is 5.31. The molecule has 1 aliphatic heterocycles. The molecule has 0 unspecified atom stereocenters. The first-order valence-electron chi connectivity index (χ1n) is 9.57. The lowest BCUT2D eigenvalue weighted by Crippen LogP contribution is -2.31. The SMILES string of the molecule is c1cc(CN2CCCN(c3nccc(C4CCCC4)n3)CC2)ccn1.